The van der Waals surface area contributed by atoms with Gasteiger partial charge in [-0.05, 0) is 37.5 Å². The normalized spacial score (nSPS) is 28.6. The second-order valence-corrected chi connectivity index (χ2v) is 6.32. The molecule has 0 spiro atoms. The van der Waals surface area contributed by atoms with E-state index in [1.54, 1.807) is 0 Å². The molecule has 2 fully saturated rings. The van der Waals surface area contributed by atoms with Crippen molar-refractivity contribution in [2.24, 2.45) is 11.3 Å². The summed E-state index contributed by atoms with van der Waals surface area (Å²) in [6, 6.07) is -0.186. The molecular formula is C14H27ClN2O2. The van der Waals surface area contributed by atoms with Gasteiger partial charge in [-0.25, -0.2) is 0 Å². The summed E-state index contributed by atoms with van der Waals surface area (Å²) < 4.78 is 5.50. The second-order valence-electron chi connectivity index (χ2n) is 6.32. The fourth-order valence-corrected chi connectivity index (χ4v) is 2.91. The van der Waals surface area contributed by atoms with Gasteiger partial charge in [0.15, 0.2) is 0 Å². The molecule has 0 unspecified atom stereocenters. The highest BCUT2D eigenvalue weighted by Gasteiger charge is 2.43. The van der Waals surface area contributed by atoms with Crippen molar-refractivity contribution in [2.75, 3.05) is 19.7 Å². The zero-order chi connectivity index (χ0) is 13.2. The topological polar surface area (TPSA) is 50.4 Å². The molecule has 0 aromatic heterocycles. The van der Waals surface area contributed by atoms with Gasteiger partial charge in [0.1, 0.15) is 6.04 Å². The Morgan fingerprint density at radius 1 is 1.47 bits per heavy atom. The molecule has 5 heteroatoms. The van der Waals surface area contributed by atoms with Crippen LogP contribution < -0.4 is 10.6 Å². The van der Waals surface area contributed by atoms with Crippen LogP contribution in [0.1, 0.15) is 40.0 Å². The lowest BCUT2D eigenvalue weighted by Gasteiger charge is -2.30. The molecule has 1 heterocycles. The van der Waals surface area contributed by atoms with Crippen LogP contribution in [0.2, 0.25) is 0 Å². The summed E-state index contributed by atoms with van der Waals surface area (Å²) >= 11 is 0. The van der Waals surface area contributed by atoms with Crippen LogP contribution >= 0.6 is 12.4 Å². The Morgan fingerprint density at radius 2 is 2.16 bits per heavy atom. The van der Waals surface area contributed by atoms with Crippen molar-refractivity contribution in [1.29, 1.82) is 0 Å². The van der Waals surface area contributed by atoms with Gasteiger partial charge in [-0.15, -0.1) is 12.4 Å². The van der Waals surface area contributed by atoms with E-state index in [0.29, 0.717) is 17.9 Å². The number of hydrogen-bond donors (Lipinski definition) is 2. The summed E-state index contributed by atoms with van der Waals surface area (Å²) in [5, 5.41) is 6.34. The third kappa shape index (κ3) is 4.62. The predicted molar refractivity (Wildman–Crippen MR) is 78.6 cm³/mol. The molecular weight excluding hydrogens is 264 g/mol. The van der Waals surface area contributed by atoms with Crippen molar-refractivity contribution in [3.63, 3.8) is 0 Å². The number of amides is 1. The summed E-state index contributed by atoms with van der Waals surface area (Å²) in [6.07, 6.45) is 3.71. The van der Waals surface area contributed by atoms with Crippen LogP contribution in [0.25, 0.3) is 0 Å². The molecule has 0 radical (unpaired) electrons. The zero-order valence-corrected chi connectivity index (χ0v) is 13.0. The molecule has 0 aromatic rings. The molecule has 2 aliphatic rings. The first-order chi connectivity index (χ1) is 8.52. The van der Waals surface area contributed by atoms with E-state index in [1.807, 2.05) is 6.92 Å². The van der Waals surface area contributed by atoms with Gasteiger partial charge in [0.05, 0.1) is 12.7 Å². The van der Waals surface area contributed by atoms with Gasteiger partial charge in [-0.1, -0.05) is 13.8 Å². The molecule has 1 saturated carbocycles. The standard InChI is InChI=1S/C14H26N2O2.ClH/c1-10(2)8-14(4-5-14)9-16-13(17)12-11(3)18-7-6-15-12;/h10-12,15H,4-9H2,1-3H3,(H,16,17);1H/t11-,12+;/m1./s1. The van der Waals surface area contributed by atoms with E-state index in [0.717, 1.165) is 13.1 Å². The Kier molecular flexibility index (Phi) is 6.09. The summed E-state index contributed by atoms with van der Waals surface area (Å²) in [5.74, 6) is 0.802. The van der Waals surface area contributed by atoms with E-state index in [4.69, 9.17) is 4.74 Å². The van der Waals surface area contributed by atoms with Crippen LogP contribution in [-0.4, -0.2) is 37.7 Å². The first-order valence-electron chi connectivity index (χ1n) is 7.15. The summed E-state index contributed by atoms with van der Waals surface area (Å²) in [4.78, 5) is 12.1. The summed E-state index contributed by atoms with van der Waals surface area (Å²) in [6.45, 7) is 8.75. The Bertz CT molecular complexity index is 306. The maximum absolute atomic E-state index is 12.1. The Hall–Kier alpha value is -0.320. The van der Waals surface area contributed by atoms with Crippen LogP contribution in [0.5, 0.6) is 0 Å². The van der Waals surface area contributed by atoms with Crippen molar-refractivity contribution in [2.45, 2.75) is 52.2 Å². The van der Waals surface area contributed by atoms with Gasteiger partial charge in [-0.2, -0.15) is 0 Å². The molecule has 4 nitrogen and oxygen atoms in total. The largest absolute Gasteiger partial charge is 0.375 e. The lowest BCUT2D eigenvalue weighted by molar-refractivity contribution is -0.129. The molecule has 1 amide bonds. The number of rotatable bonds is 5. The average Bonchev–Trinajstić information content (AvgIpc) is 3.06. The van der Waals surface area contributed by atoms with E-state index in [9.17, 15) is 4.79 Å². The van der Waals surface area contributed by atoms with E-state index in [2.05, 4.69) is 24.5 Å². The van der Waals surface area contributed by atoms with Crippen molar-refractivity contribution >= 4 is 18.3 Å². The minimum absolute atomic E-state index is 0. The predicted octanol–water partition coefficient (Wildman–Crippen LogP) is 1.73. The number of hydrogen-bond acceptors (Lipinski definition) is 3. The minimum atomic E-state index is -0.186. The van der Waals surface area contributed by atoms with Gasteiger partial charge >= 0.3 is 0 Å². The number of morpholine rings is 1. The van der Waals surface area contributed by atoms with Crippen molar-refractivity contribution < 1.29 is 9.53 Å². The number of halogens is 1. The molecule has 112 valence electrons. The maximum Gasteiger partial charge on any atom is 0.239 e. The second kappa shape index (κ2) is 6.91. The van der Waals surface area contributed by atoms with Crippen LogP contribution in [0.3, 0.4) is 0 Å². The molecule has 2 atom stereocenters. The zero-order valence-electron chi connectivity index (χ0n) is 12.2. The number of nitrogens with one attached hydrogen (secondary N) is 2. The van der Waals surface area contributed by atoms with E-state index in [1.165, 1.54) is 19.3 Å². The highest BCUT2D eigenvalue weighted by Crippen LogP contribution is 2.49. The Morgan fingerprint density at radius 3 is 2.68 bits per heavy atom. The van der Waals surface area contributed by atoms with Crippen LogP contribution in [0, 0.1) is 11.3 Å². The molecule has 2 N–H and O–H groups in total. The first-order valence-corrected chi connectivity index (χ1v) is 7.15. The summed E-state index contributed by atoms with van der Waals surface area (Å²) in [7, 11) is 0. The molecule has 1 aliphatic heterocycles. The van der Waals surface area contributed by atoms with Crippen LogP contribution in [0.15, 0.2) is 0 Å². The van der Waals surface area contributed by atoms with Crippen molar-refractivity contribution in [3.8, 4) is 0 Å². The van der Waals surface area contributed by atoms with E-state index in [-0.39, 0.29) is 30.5 Å². The Labute approximate surface area is 122 Å². The van der Waals surface area contributed by atoms with Gasteiger partial charge in [0, 0.05) is 13.1 Å². The molecule has 0 aromatic carbocycles. The lowest BCUT2D eigenvalue weighted by Crippen LogP contribution is -2.56. The maximum atomic E-state index is 12.1. The quantitative estimate of drug-likeness (QED) is 0.811. The van der Waals surface area contributed by atoms with E-state index >= 15 is 0 Å². The van der Waals surface area contributed by atoms with Gasteiger partial charge in [0.25, 0.3) is 0 Å². The molecule has 1 saturated heterocycles. The highest BCUT2D eigenvalue weighted by atomic mass is 35.5. The average molecular weight is 291 g/mol. The molecule has 19 heavy (non-hydrogen) atoms. The lowest BCUT2D eigenvalue weighted by atomic mass is 9.94. The fourth-order valence-electron chi connectivity index (χ4n) is 2.91. The molecule has 1 aliphatic carbocycles. The SMILES string of the molecule is CC(C)CC1(CNC(=O)[C@H]2NCCO[C@@H]2C)CC1.Cl. The summed E-state index contributed by atoms with van der Waals surface area (Å²) in [5.41, 5.74) is 0.391. The number of carbonyl (C=O) groups is 1. The fraction of sp³-hybridized carbons (Fsp3) is 0.929. The van der Waals surface area contributed by atoms with Crippen LogP contribution in [-0.2, 0) is 9.53 Å². The van der Waals surface area contributed by atoms with Gasteiger partial charge in [-0.3, -0.25) is 4.79 Å². The van der Waals surface area contributed by atoms with Crippen LogP contribution in [0.4, 0.5) is 0 Å². The first kappa shape index (κ1) is 16.7. The number of ether oxygens (including phenoxy) is 1. The van der Waals surface area contributed by atoms with Crippen molar-refractivity contribution in [3.05, 3.63) is 0 Å². The Balaban J connectivity index is 0.00000180. The highest BCUT2D eigenvalue weighted by molar-refractivity contribution is 5.85. The number of carbonyl (C=O) groups excluding carboxylic acids is 1. The minimum Gasteiger partial charge on any atom is -0.375 e. The van der Waals surface area contributed by atoms with E-state index < -0.39 is 0 Å². The monoisotopic (exact) mass is 290 g/mol. The third-order valence-corrected chi connectivity index (χ3v) is 4.03. The molecule has 2 rings (SSSR count). The smallest absolute Gasteiger partial charge is 0.239 e. The van der Waals surface area contributed by atoms with Gasteiger partial charge in [0.2, 0.25) is 5.91 Å². The third-order valence-electron chi connectivity index (χ3n) is 4.03. The van der Waals surface area contributed by atoms with Gasteiger partial charge < -0.3 is 15.4 Å². The van der Waals surface area contributed by atoms with Crippen molar-refractivity contribution in [1.82, 2.24) is 10.6 Å². The molecule has 0 bridgehead atoms.